The SMILES string of the molecule is CCc1c(C)sc(NC(=O)CSc2nc(-c3ccccc3)cc(C(F)(F)F)n2)c1C#N. The molecule has 31 heavy (non-hydrogen) atoms. The van der Waals surface area contributed by atoms with Crippen molar-refractivity contribution in [3.05, 3.63) is 58.1 Å². The van der Waals surface area contributed by atoms with Gasteiger partial charge in [-0.3, -0.25) is 4.79 Å². The van der Waals surface area contributed by atoms with Crippen LogP contribution in [-0.2, 0) is 17.4 Å². The Bertz CT molecular complexity index is 1140. The highest BCUT2D eigenvalue weighted by molar-refractivity contribution is 7.99. The van der Waals surface area contributed by atoms with Crippen LogP contribution >= 0.6 is 23.1 Å². The van der Waals surface area contributed by atoms with Crippen molar-refractivity contribution in [2.75, 3.05) is 11.1 Å². The van der Waals surface area contributed by atoms with E-state index in [1.54, 1.807) is 30.3 Å². The Labute approximate surface area is 185 Å². The van der Waals surface area contributed by atoms with Gasteiger partial charge in [0, 0.05) is 10.4 Å². The number of nitriles is 1. The molecule has 3 aromatic rings. The van der Waals surface area contributed by atoms with E-state index in [0.717, 1.165) is 28.3 Å². The zero-order valence-electron chi connectivity index (χ0n) is 16.6. The molecule has 0 aliphatic rings. The van der Waals surface area contributed by atoms with E-state index in [2.05, 4.69) is 21.4 Å². The zero-order valence-corrected chi connectivity index (χ0v) is 18.2. The molecule has 0 atom stereocenters. The fraction of sp³-hybridized carbons (Fsp3) is 0.238. The second-order valence-electron chi connectivity index (χ2n) is 6.43. The van der Waals surface area contributed by atoms with Gasteiger partial charge in [0.2, 0.25) is 5.91 Å². The summed E-state index contributed by atoms with van der Waals surface area (Å²) in [6.45, 7) is 3.79. The van der Waals surface area contributed by atoms with Gasteiger partial charge in [-0.1, -0.05) is 49.0 Å². The Morgan fingerprint density at radius 1 is 1.26 bits per heavy atom. The summed E-state index contributed by atoms with van der Waals surface area (Å²) >= 11 is 2.11. The first kappa shape index (κ1) is 22.8. The summed E-state index contributed by atoms with van der Waals surface area (Å²) in [6.07, 6.45) is -3.98. The molecule has 0 radical (unpaired) electrons. The van der Waals surface area contributed by atoms with Crippen LogP contribution in [0.1, 0.15) is 28.6 Å². The Hall–Kier alpha value is -2.90. The highest BCUT2D eigenvalue weighted by Gasteiger charge is 2.34. The molecule has 1 amide bonds. The molecule has 1 N–H and O–H groups in total. The number of anilines is 1. The minimum atomic E-state index is -4.64. The molecule has 0 unspecified atom stereocenters. The molecule has 3 rings (SSSR count). The lowest BCUT2D eigenvalue weighted by molar-refractivity contribution is -0.141. The van der Waals surface area contributed by atoms with Gasteiger partial charge in [-0.15, -0.1) is 11.3 Å². The fourth-order valence-corrected chi connectivity index (χ4v) is 4.67. The summed E-state index contributed by atoms with van der Waals surface area (Å²) in [5.74, 6) is -0.647. The summed E-state index contributed by atoms with van der Waals surface area (Å²) < 4.78 is 39.9. The van der Waals surface area contributed by atoms with Crippen LogP contribution in [0.3, 0.4) is 0 Å². The molecule has 0 fully saturated rings. The number of nitrogens with zero attached hydrogens (tertiary/aromatic N) is 3. The summed E-state index contributed by atoms with van der Waals surface area (Å²) in [5.41, 5.74) is 0.868. The van der Waals surface area contributed by atoms with Gasteiger partial charge >= 0.3 is 6.18 Å². The van der Waals surface area contributed by atoms with E-state index in [0.29, 0.717) is 22.5 Å². The third-order valence-corrected chi connectivity index (χ3v) is 6.24. The van der Waals surface area contributed by atoms with E-state index in [-0.39, 0.29) is 16.6 Å². The molecule has 2 heterocycles. The van der Waals surface area contributed by atoms with Gasteiger partial charge in [-0.05, 0) is 25.0 Å². The summed E-state index contributed by atoms with van der Waals surface area (Å²) in [7, 11) is 0. The van der Waals surface area contributed by atoms with Gasteiger partial charge in [0.25, 0.3) is 0 Å². The number of carbonyl (C=O) groups is 1. The molecule has 10 heteroatoms. The Morgan fingerprint density at radius 2 is 1.97 bits per heavy atom. The zero-order chi connectivity index (χ0) is 22.6. The first-order valence-electron chi connectivity index (χ1n) is 9.19. The number of thiophene rings is 1. The molecular weight excluding hydrogens is 445 g/mol. The van der Waals surface area contributed by atoms with Crippen LogP contribution < -0.4 is 5.32 Å². The van der Waals surface area contributed by atoms with Crippen LogP contribution in [0.2, 0.25) is 0 Å². The van der Waals surface area contributed by atoms with E-state index >= 15 is 0 Å². The monoisotopic (exact) mass is 462 g/mol. The molecule has 1 aromatic carbocycles. The number of halogens is 3. The van der Waals surface area contributed by atoms with Crippen molar-refractivity contribution in [1.29, 1.82) is 5.26 Å². The van der Waals surface area contributed by atoms with Crippen molar-refractivity contribution < 1.29 is 18.0 Å². The predicted molar refractivity (Wildman–Crippen MR) is 115 cm³/mol. The third kappa shape index (κ3) is 5.42. The first-order chi connectivity index (χ1) is 14.7. The maximum atomic E-state index is 13.3. The smallest absolute Gasteiger partial charge is 0.316 e. The molecule has 0 spiro atoms. The predicted octanol–water partition coefficient (Wildman–Crippen LogP) is 5.70. The number of aromatic nitrogens is 2. The Kier molecular flexibility index (Phi) is 6.97. The molecule has 160 valence electrons. The van der Waals surface area contributed by atoms with Crippen LogP contribution in [0.15, 0.2) is 41.6 Å². The molecule has 0 saturated carbocycles. The van der Waals surface area contributed by atoms with Gasteiger partial charge in [0.1, 0.15) is 16.8 Å². The van der Waals surface area contributed by atoms with Gasteiger partial charge in [-0.2, -0.15) is 18.4 Å². The number of amides is 1. The Balaban J connectivity index is 1.80. The van der Waals surface area contributed by atoms with E-state index in [9.17, 15) is 23.2 Å². The minimum Gasteiger partial charge on any atom is -0.316 e. The van der Waals surface area contributed by atoms with E-state index < -0.39 is 17.8 Å². The molecule has 0 aliphatic heterocycles. The van der Waals surface area contributed by atoms with Crippen LogP contribution in [-0.4, -0.2) is 21.6 Å². The number of hydrogen-bond donors (Lipinski definition) is 1. The lowest BCUT2D eigenvalue weighted by Crippen LogP contribution is -2.15. The molecule has 0 bridgehead atoms. The highest BCUT2D eigenvalue weighted by atomic mass is 32.2. The van der Waals surface area contributed by atoms with Crippen LogP contribution in [0.25, 0.3) is 11.3 Å². The van der Waals surface area contributed by atoms with Gasteiger partial charge in [0.05, 0.1) is 17.0 Å². The number of aryl methyl sites for hydroxylation is 1. The minimum absolute atomic E-state index is 0.124. The number of thioether (sulfide) groups is 1. The number of rotatable bonds is 6. The maximum Gasteiger partial charge on any atom is 0.433 e. The average Bonchev–Trinajstić information content (AvgIpc) is 3.05. The fourth-order valence-electron chi connectivity index (χ4n) is 2.90. The quantitative estimate of drug-likeness (QED) is 0.376. The number of nitrogens with one attached hydrogen (secondary N) is 1. The largest absolute Gasteiger partial charge is 0.433 e. The van der Waals surface area contributed by atoms with Crippen molar-refractivity contribution in [2.45, 2.75) is 31.6 Å². The number of benzene rings is 1. The van der Waals surface area contributed by atoms with Gasteiger partial charge in [-0.25, -0.2) is 9.97 Å². The maximum absolute atomic E-state index is 13.3. The third-order valence-electron chi connectivity index (χ3n) is 4.33. The van der Waals surface area contributed by atoms with Crippen LogP contribution in [0, 0.1) is 18.3 Å². The summed E-state index contributed by atoms with van der Waals surface area (Å²) in [5, 5.41) is 12.4. The van der Waals surface area contributed by atoms with Crippen molar-refractivity contribution >= 4 is 34.0 Å². The topological polar surface area (TPSA) is 78.7 Å². The van der Waals surface area contributed by atoms with Crippen LogP contribution in [0.5, 0.6) is 0 Å². The molecule has 0 aliphatic carbocycles. The van der Waals surface area contributed by atoms with Gasteiger partial charge in [0.15, 0.2) is 5.16 Å². The number of alkyl halides is 3. The van der Waals surface area contributed by atoms with Crippen LogP contribution in [0.4, 0.5) is 18.2 Å². The second kappa shape index (κ2) is 9.49. The molecule has 0 saturated heterocycles. The summed E-state index contributed by atoms with van der Waals surface area (Å²) in [4.78, 5) is 21.1. The standard InChI is InChI=1S/C21H17F3N4OS2/c1-3-14-12(2)31-19(15(14)10-25)28-18(29)11-30-20-26-16(13-7-5-4-6-8-13)9-17(27-20)21(22,23)24/h4-9H,3,11H2,1-2H3,(H,28,29). The highest BCUT2D eigenvalue weighted by Crippen LogP contribution is 2.34. The lowest BCUT2D eigenvalue weighted by atomic mass is 10.1. The second-order valence-corrected chi connectivity index (χ2v) is 8.60. The molecular formula is C21H17F3N4OS2. The molecule has 2 aromatic heterocycles. The van der Waals surface area contributed by atoms with Crippen molar-refractivity contribution in [3.8, 4) is 17.3 Å². The van der Waals surface area contributed by atoms with E-state index in [1.807, 2.05) is 13.8 Å². The summed E-state index contributed by atoms with van der Waals surface area (Å²) in [6, 6.07) is 11.4. The van der Waals surface area contributed by atoms with E-state index in [1.165, 1.54) is 11.3 Å². The van der Waals surface area contributed by atoms with Crippen molar-refractivity contribution in [3.63, 3.8) is 0 Å². The average molecular weight is 463 g/mol. The Morgan fingerprint density at radius 3 is 2.58 bits per heavy atom. The number of hydrogen-bond acceptors (Lipinski definition) is 6. The van der Waals surface area contributed by atoms with Crippen molar-refractivity contribution in [2.24, 2.45) is 0 Å². The number of carbonyl (C=O) groups excluding carboxylic acids is 1. The van der Waals surface area contributed by atoms with Crippen molar-refractivity contribution in [1.82, 2.24) is 9.97 Å². The lowest BCUT2D eigenvalue weighted by Gasteiger charge is -2.10. The van der Waals surface area contributed by atoms with E-state index in [4.69, 9.17) is 0 Å². The first-order valence-corrected chi connectivity index (χ1v) is 11.0. The normalized spacial score (nSPS) is 11.2. The molecule has 5 nitrogen and oxygen atoms in total. The van der Waals surface area contributed by atoms with Gasteiger partial charge < -0.3 is 5.32 Å².